The molecule has 3 nitrogen and oxygen atoms in total. The number of nitrogens with one attached hydrogen (secondary N) is 2. The van der Waals surface area contributed by atoms with Gasteiger partial charge in [-0.15, -0.1) is 0 Å². The van der Waals surface area contributed by atoms with Gasteiger partial charge in [-0.1, -0.05) is 12.1 Å². The largest absolute Gasteiger partial charge is 0.491 e. The topological polar surface area (TPSA) is 33.3 Å². The number of benzene rings is 1. The van der Waals surface area contributed by atoms with E-state index in [-0.39, 0.29) is 11.6 Å². The third kappa shape index (κ3) is 6.92. The minimum atomic E-state index is 0.181. The molecular weight excluding hydrogens is 248 g/mol. The molecule has 0 heterocycles. The van der Waals surface area contributed by atoms with E-state index in [1.54, 1.807) is 0 Å². The molecule has 1 aromatic rings. The summed E-state index contributed by atoms with van der Waals surface area (Å²) in [6.07, 6.45) is 0.222. The molecule has 0 aromatic heterocycles. The molecular formula is C17H30N2O. The van der Waals surface area contributed by atoms with Crippen LogP contribution in [0.2, 0.25) is 0 Å². The number of rotatable bonds is 7. The average Bonchev–Trinajstić information content (AvgIpc) is 2.33. The third-order valence-corrected chi connectivity index (χ3v) is 2.98. The first-order chi connectivity index (χ1) is 9.28. The van der Waals surface area contributed by atoms with E-state index in [1.165, 1.54) is 5.56 Å². The monoisotopic (exact) mass is 278 g/mol. The van der Waals surface area contributed by atoms with E-state index < -0.39 is 0 Å². The predicted molar refractivity (Wildman–Crippen MR) is 86.4 cm³/mol. The molecule has 0 spiro atoms. The molecule has 20 heavy (non-hydrogen) atoms. The van der Waals surface area contributed by atoms with Crippen molar-refractivity contribution in [2.75, 3.05) is 13.1 Å². The maximum Gasteiger partial charge on any atom is 0.119 e. The molecule has 1 atom stereocenters. The Bertz CT molecular complexity index is 379. The molecule has 0 aliphatic carbocycles. The second-order valence-corrected chi connectivity index (χ2v) is 6.59. The summed E-state index contributed by atoms with van der Waals surface area (Å²) >= 11 is 0. The molecule has 0 aliphatic rings. The third-order valence-electron chi connectivity index (χ3n) is 2.98. The molecule has 0 saturated heterocycles. The van der Waals surface area contributed by atoms with Gasteiger partial charge in [-0.2, -0.15) is 0 Å². The van der Waals surface area contributed by atoms with Crippen molar-refractivity contribution in [3.05, 3.63) is 29.8 Å². The van der Waals surface area contributed by atoms with Crippen molar-refractivity contribution < 1.29 is 4.74 Å². The lowest BCUT2D eigenvalue weighted by Gasteiger charge is -2.22. The summed E-state index contributed by atoms with van der Waals surface area (Å²) < 4.78 is 5.65. The zero-order valence-corrected chi connectivity index (χ0v) is 13.8. The molecule has 0 amide bonds. The standard InChI is InChI=1S/C17H30N2O/c1-13(2)20-16-9-7-15(8-10-16)14(3)18-11-12-19-17(4,5)6/h7-10,13-14,18-19H,11-12H2,1-6H3. The fourth-order valence-electron chi connectivity index (χ4n) is 1.95. The molecule has 0 radical (unpaired) electrons. The minimum Gasteiger partial charge on any atom is -0.491 e. The lowest BCUT2D eigenvalue weighted by molar-refractivity contribution is 0.242. The van der Waals surface area contributed by atoms with Crippen LogP contribution in [-0.2, 0) is 0 Å². The predicted octanol–water partition coefficient (Wildman–Crippen LogP) is 3.51. The quantitative estimate of drug-likeness (QED) is 0.749. The first-order valence-corrected chi connectivity index (χ1v) is 7.53. The molecule has 0 aliphatic heterocycles. The van der Waals surface area contributed by atoms with Gasteiger partial charge in [0.2, 0.25) is 0 Å². The van der Waals surface area contributed by atoms with Crippen molar-refractivity contribution in [2.24, 2.45) is 0 Å². The number of hydrogen-bond donors (Lipinski definition) is 2. The van der Waals surface area contributed by atoms with Crippen LogP contribution >= 0.6 is 0 Å². The van der Waals surface area contributed by atoms with Crippen molar-refractivity contribution in [1.29, 1.82) is 0 Å². The SMILES string of the molecule is CC(C)Oc1ccc(C(C)NCCNC(C)(C)C)cc1. The van der Waals surface area contributed by atoms with Crippen LogP contribution in [-0.4, -0.2) is 24.7 Å². The first-order valence-electron chi connectivity index (χ1n) is 7.53. The second-order valence-electron chi connectivity index (χ2n) is 6.59. The van der Waals surface area contributed by atoms with Gasteiger partial charge < -0.3 is 15.4 Å². The van der Waals surface area contributed by atoms with Crippen LogP contribution in [0.1, 0.15) is 53.1 Å². The second kappa shape index (κ2) is 7.65. The first kappa shape index (κ1) is 17.0. The Morgan fingerprint density at radius 2 is 1.60 bits per heavy atom. The summed E-state index contributed by atoms with van der Waals surface area (Å²) in [6.45, 7) is 14.8. The van der Waals surface area contributed by atoms with E-state index in [0.29, 0.717) is 6.04 Å². The van der Waals surface area contributed by atoms with E-state index in [4.69, 9.17) is 4.74 Å². The van der Waals surface area contributed by atoms with Gasteiger partial charge in [0.1, 0.15) is 5.75 Å². The number of hydrogen-bond acceptors (Lipinski definition) is 3. The normalized spacial score (nSPS) is 13.6. The summed E-state index contributed by atoms with van der Waals surface area (Å²) in [5, 5.41) is 7.01. The van der Waals surface area contributed by atoms with Gasteiger partial charge in [-0.05, 0) is 59.2 Å². The lowest BCUT2D eigenvalue weighted by atomic mass is 10.1. The van der Waals surface area contributed by atoms with Crippen molar-refractivity contribution in [1.82, 2.24) is 10.6 Å². The molecule has 1 aromatic carbocycles. The van der Waals surface area contributed by atoms with Gasteiger partial charge in [-0.3, -0.25) is 0 Å². The van der Waals surface area contributed by atoms with Crippen LogP contribution in [0.4, 0.5) is 0 Å². The zero-order valence-electron chi connectivity index (χ0n) is 13.8. The van der Waals surface area contributed by atoms with Crippen molar-refractivity contribution in [2.45, 2.75) is 59.2 Å². The summed E-state index contributed by atoms with van der Waals surface area (Å²) in [5.41, 5.74) is 1.47. The van der Waals surface area contributed by atoms with Gasteiger partial charge in [0, 0.05) is 24.7 Å². The van der Waals surface area contributed by atoms with Gasteiger partial charge in [-0.25, -0.2) is 0 Å². The van der Waals surface area contributed by atoms with Crippen molar-refractivity contribution in [3.63, 3.8) is 0 Å². The molecule has 0 bridgehead atoms. The fraction of sp³-hybridized carbons (Fsp3) is 0.647. The summed E-state index contributed by atoms with van der Waals surface area (Å²) in [7, 11) is 0. The van der Waals surface area contributed by atoms with Gasteiger partial charge >= 0.3 is 0 Å². The molecule has 1 rings (SSSR count). The van der Waals surface area contributed by atoms with Crippen LogP contribution in [0.25, 0.3) is 0 Å². The maximum absolute atomic E-state index is 5.65. The Morgan fingerprint density at radius 1 is 1.00 bits per heavy atom. The van der Waals surface area contributed by atoms with Crippen LogP contribution < -0.4 is 15.4 Å². The molecule has 1 unspecified atom stereocenters. The summed E-state index contributed by atoms with van der Waals surface area (Å²) in [5.74, 6) is 0.936. The summed E-state index contributed by atoms with van der Waals surface area (Å²) in [6, 6.07) is 8.70. The smallest absolute Gasteiger partial charge is 0.119 e. The summed E-state index contributed by atoms with van der Waals surface area (Å²) in [4.78, 5) is 0. The molecule has 114 valence electrons. The maximum atomic E-state index is 5.65. The van der Waals surface area contributed by atoms with E-state index in [0.717, 1.165) is 18.8 Å². The highest BCUT2D eigenvalue weighted by Gasteiger charge is 2.09. The van der Waals surface area contributed by atoms with E-state index in [2.05, 4.69) is 50.5 Å². The van der Waals surface area contributed by atoms with Crippen LogP contribution in [0, 0.1) is 0 Å². The van der Waals surface area contributed by atoms with Gasteiger partial charge in [0.05, 0.1) is 6.10 Å². The van der Waals surface area contributed by atoms with E-state index >= 15 is 0 Å². The number of ether oxygens (including phenoxy) is 1. The molecule has 0 fully saturated rings. The van der Waals surface area contributed by atoms with Gasteiger partial charge in [0.15, 0.2) is 0 Å². The zero-order chi connectivity index (χ0) is 15.2. The van der Waals surface area contributed by atoms with Crippen molar-refractivity contribution >= 4 is 0 Å². The minimum absolute atomic E-state index is 0.181. The molecule has 2 N–H and O–H groups in total. The Morgan fingerprint density at radius 3 is 2.10 bits per heavy atom. The van der Waals surface area contributed by atoms with Crippen LogP contribution in [0.5, 0.6) is 5.75 Å². The van der Waals surface area contributed by atoms with Crippen LogP contribution in [0.15, 0.2) is 24.3 Å². The highest BCUT2D eigenvalue weighted by atomic mass is 16.5. The fourth-order valence-corrected chi connectivity index (χ4v) is 1.95. The Balaban J connectivity index is 2.38. The van der Waals surface area contributed by atoms with Gasteiger partial charge in [0.25, 0.3) is 0 Å². The molecule has 0 saturated carbocycles. The Hall–Kier alpha value is -1.06. The highest BCUT2D eigenvalue weighted by Crippen LogP contribution is 2.18. The van der Waals surface area contributed by atoms with Crippen LogP contribution in [0.3, 0.4) is 0 Å². The van der Waals surface area contributed by atoms with E-state index in [1.807, 2.05) is 26.0 Å². The molecule has 3 heteroatoms. The Labute approximate surface area is 124 Å². The lowest BCUT2D eigenvalue weighted by Crippen LogP contribution is -2.40. The van der Waals surface area contributed by atoms with Crippen molar-refractivity contribution in [3.8, 4) is 5.75 Å². The average molecular weight is 278 g/mol. The van der Waals surface area contributed by atoms with E-state index in [9.17, 15) is 0 Å². The Kier molecular flexibility index (Phi) is 6.50. The highest BCUT2D eigenvalue weighted by molar-refractivity contribution is 5.29.